The molecule has 0 fully saturated rings. The molecule has 0 saturated heterocycles. The lowest BCUT2D eigenvalue weighted by Gasteiger charge is -2.09. The number of benzene rings is 5. The number of fused-ring (bicyclic) bond motifs is 9. The lowest BCUT2D eigenvalue weighted by Crippen LogP contribution is -1.94. The van der Waals surface area contributed by atoms with Crippen LogP contribution in [0.3, 0.4) is 0 Å². The smallest absolute Gasteiger partial charge is 0.0648 e. The number of hydrogen-bond donors (Lipinski definition) is 1. The molecule has 0 aliphatic carbocycles. The average Bonchev–Trinajstić information content (AvgIpc) is 3.35. The molecule has 5 aromatic carbocycles. The van der Waals surface area contributed by atoms with Crippen LogP contribution in [0, 0.1) is 0 Å². The second kappa shape index (κ2) is 6.13. The van der Waals surface area contributed by atoms with Gasteiger partial charge in [-0.15, -0.1) is 0 Å². The first-order chi connectivity index (χ1) is 15.3. The van der Waals surface area contributed by atoms with Crippen molar-refractivity contribution in [2.24, 2.45) is 0 Å². The van der Waals surface area contributed by atoms with Gasteiger partial charge in [-0.25, -0.2) is 0 Å². The zero-order chi connectivity index (χ0) is 20.5. The van der Waals surface area contributed by atoms with Gasteiger partial charge in [-0.05, 0) is 41.1 Å². The first-order valence-corrected chi connectivity index (χ1v) is 10.8. The minimum Gasteiger partial charge on any atom is -0.354 e. The normalized spacial score (nSPS) is 12.0. The van der Waals surface area contributed by atoms with Gasteiger partial charge in [-0.3, -0.25) is 0 Å². The van der Waals surface area contributed by atoms with Crippen molar-refractivity contribution in [3.8, 4) is 5.69 Å². The van der Waals surface area contributed by atoms with Crippen molar-refractivity contribution >= 4 is 66.0 Å². The predicted octanol–water partition coefficient (Wildman–Crippen LogP) is 8.22. The van der Waals surface area contributed by atoms with E-state index in [1.54, 1.807) is 0 Å². The Bertz CT molecular complexity index is 1800. The van der Waals surface area contributed by atoms with E-state index in [-0.39, 0.29) is 0 Å². The maximum absolute atomic E-state index is 6.64. The molecular formula is C28H17ClN2. The molecule has 1 N–H and O–H groups in total. The highest BCUT2D eigenvalue weighted by Crippen LogP contribution is 2.41. The molecule has 31 heavy (non-hydrogen) atoms. The van der Waals surface area contributed by atoms with Crippen molar-refractivity contribution in [2.45, 2.75) is 0 Å². The van der Waals surface area contributed by atoms with Crippen molar-refractivity contribution in [3.63, 3.8) is 0 Å². The Hall–Kier alpha value is -3.75. The first kappa shape index (κ1) is 17.0. The summed E-state index contributed by atoms with van der Waals surface area (Å²) in [7, 11) is 0. The highest BCUT2D eigenvalue weighted by molar-refractivity contribution is 6.33. The van der Waals surface area contributed by atoms with E-state index in [0.29, 0.717) is 0 Å². The molecule has 0 bridgehead atoms. The van der Waals surface area contributed by atoms with Crippen LogP contribution in [0.15, 0.2) is 97.1 Å². The topological polar surface area (TPSA) is 20.7 Å². The van der Waals surface area contributed by atoms with E-state index in [1.807, 2.05) is 18.2 Å². The van der Waals surface area contributed by atoms with Crippen LogP contribution in [-0.4, -0.2) is 9.55 Å². The predicted molar refractivity (Wildman–Crippen MR) is 133 cm³/mol. The fourth-order valence-corrected chi connectivity index (χ4v) is 5.31. The maximum Gasteiger partial charge on any atom is 0.0648 e. The van der Waals surface area contributed by atoms with E-state index in [1.165, 1.54) is 37.8 Å². The summed E-state index contributed by atoms with van der Waals surface area (Å²) in [5.41, 5.74) is 5.64. The van der Waals surface area contributed by atoms with E-state index < -0.39 is 0 Å². The molecule has 0 saturated carbocycles. The number of halogens is 1. The van der Waals surface area contributed by atoms with Gasteiger partial charge in [0.05, 0.1) is 27.3 Å². The lowest BCUT2D eigenvalue weighted by molar-refractivity contribution is 1.18. The summed E-state index contributed by atoms with van der Waals surface area (Å²) in [6.45, 7) is 0. The van der Waals surface area contributed by atoms with Crippen LogP contribution in [0.25, 0.3) is 60.1 Å². The molecule has 0 spiro atoms. The van der Waals surface area contributed by atoms with Gasteiger partial charge in [0.2, 0.25) is 0 Å². The van der Waals surface area contributed by atoms with Crippen LogP contribution < -0.4 is 0 Å². The van der Waals surface area contributed by atoms with Gasteiger partial charge < -0.3 is 9.55 Å². The number of hydrogen-bond acceptors (Lipinski definition) is 0. The molecule has 0 unspecified atom stereocenters. The number of aromatic amines is 1. The van der Waals surface area contributed by atoms with Crippen LogP contribution >= 0.6 is 11.6 Å². The van der Waals surface area contributed by atoms with Crippen molar-refractivity contribution in [3.05, 3.63) is 102 Å². The molecule has 0 aliphatic rings. The highest BCUT2D eigenvalue weighted by atomic mass is 35.5. The summed E-state index contributed by atoms with van der Waals surface area (Å²) in [5, 5.41) is 8.26. The monoisotopic (exact) mass is 416 g/mol. The number of nitrogens with one attached hydrogen (secondary N) is 1. The molecule has 0 aliphatic heterocycles. The van der Waals surface area contributed by atoms with Gasteiger partial charge in [0.25, 0.3) is 0 Å². The minimum absolute atomic E-state index is 0.743. The second-order valence-electron chi connectivity index (χ2n) is 8.02. The van der Waals surface area contributed by atoms with Gasteiger partial charge in [-0.2, -0.15) is 0 Å². The summed E-state index contributed by atoms with van der Waals surface area (Å²) in [5.74, 6) is 0. The van der Waals surface area contributed by atoms with Crippen LogP contribution in [0.4, 0.5) is 0 Å². The van der Waals surface area contributed by atoms with E-state index in [4.69, 9.17) is 11.6 Å². The fourth-order valence-electron chi connectivity index (χ4n) is 5.09. The van der Waals surface area contributed by atoms with Gasteiger partial charge in [0.1, 0.15) is 0 Å². The van der Waals surface area contributed by atoms with E-state index in [2.05, 4.69) is 88.4 Å². The molecule has 7 aromatic rings. The van der Waals surface area contributed by atoms with E-state index in [0.717, 1.165) is 27.3 Å². The maximum atomic E-state index is 6.64. The van der Waals surface area contributed by atoms with Gasteiger partial charge >= 0.3 is 0 Å². The molecule has 146 valence electrons. The first-order valence-electron chi connectivity index (χ1n) is 10.4. The number of para-hydroxylation sites is 2. The molecule has 0 atom stereocenters. The lowest BCUT2D eigenvalue weighted by atomic mass is 10.0. The van der Waals surface area contributed by atoms with Crippen LogP contribution in [0.2, 0.25) is 5.02 Å². The molecule has 2 aromatic heterocycles. The number of rotatable bonds is 1. The second-order valence-corrected chi connectivity index (χ2v) is 8.43. The summed E-state index contributed by atoms with van der Waals surface area (Å²) < 4.78 is 2.27. The Morgan fingerprint density at radius 2 is 1.35 bits per heavy atom. The zero-order valence-electron chi connectivity index (χ0n) is 16.6. The Labute approximate surface area is 183 Å². The van der Waals surface area contributed by atoms with Crippen molar-refractivity contribution in [1.82, 2.24) is 9.55 Å². The Kier molecular flexibility index (Phi) is 3.36. The molecule has 7 rings (SSSR count). The van der Waals surface area contributed by atoms with Crippen molar-refractivity contribution in [1.29, 1.82) is 0 Å². The number of aromatic nitrogens is 2. The van der Waals surface area contributed by atoms with Crippen molar-refractivity contribution < 1.29 is 0 Å². The quantitative estimate of drug-likeness (QED) is 0.278. The third-order valence-electron chi connectivity index (χ3n) is 6.39. The molecule has 2 heterocycles. The average molecular weight is 417 g/mol. The SMILES string of the molecule is Clc1ccccc1-n1c2ccccc2c2c3[nH]c4ccc5ccccc5c4c3ccc21. The van der Waals surface area contributed by atoms with Gasteiger partial charge in [-0.1, -0.05) is 78.3 Å². The van der Waals surface area contributed by atoms with Gasteiger partial charge in [0, 0.05) is 27.1 Å². The molecule has 2 nitrogen and oxygen atoms in total. The molecular weight excluding hydrogens is 400 g/mol. The third kappa shape index (κ3) is 2.23. The summed E-state index contributed by atoms with van der Waals surface area (Å²) in [4.78, 5) is 3.74. The summed E-state index contributed by atoms with van der Waals surface area (Å²) in [6.07, 6.45) is 0. The number of H-pyrrole nitrogens is 1. The molecule has 3 heteroatoms. The fraction of sp³-hybridized carbons (Fsp3) is 0. The summed E-state index contributed by atoms with van der Waals surface area (Å²) >= 11 is 6.64. The summed E-state index contributed by atoms with van der Waals surface area (Å²) in [6, 6.07) is 34.1. The van der Waals surface area contributed by atoms with Gasteiger partial charge in [0.15, 0.2) is 0 Å². The minimum atomic E-state index is 0.743. The Morgan fingerprint density at radius 3 is 2.26 bits per heavy atom. The van der Waals surface area contributed by atoms with Crippen LogP contribution in [-0.2, 0) is 0 Å². The Morgan fingerprint density at radius 1 is 0.581 bits per heavy atom. The number of nitrogens with zero attached hydrogens (tertiary/aromatic N) is 1. The third-order valence-corrected chi connectivity index (χ3v) is 6.71. The molecule has 0 radical (unpaired) electrons. The highest BCUT2D eigenvalue weighted by Gasteiger charge is 2.18. The zero-order valence-corrected chi connectivity index (χ0v) is 17.3. The standard InChI is InChI=1S/C28H17ClN2/c29-21-10-4-6-12-24(21)31-23-11-5-3-9-19(23)27-25(31)16-14-20-26-18-8-2-1-7-17(18)13-15-22(26)30-28(20)27/h1-16,30H. The van der Waals surface area contributed by atoms with Crippen LogP contribution in [0.5, 0.6) is 0 Å². The van der Waals surface area contributed by atoms with Crippen LogP contribution in [0.1, 0.15) is 0 Å². The molecule has 0 amide bonds. The van der Waals surface area contributed by atoms with E-state index >= 15 is 0 Å². The Balaban J connectivity index is 1.73. The largest absolute Gasteiger partial charge is 0.354 e. The van der Waals surface area contributed by atoms with E-state index in [9.17, 15) is 0 Å². The van der Waals surface area contributed by atoms with Crippen molar-refractivity contribution in [2.75, 3.05) is 0 Å².